The summed E-state index contributed by atoms with van der Waals surface area (Å²) in [7, 11) is 1.96. The second-order valence-electron chi connectivity index (χ2n) is 6.51. The summed E-state index contributed by atoms with van der Waals surface area (Å²) in [6, 6.07) is 12.5. The summed E-state index contributed by atoms with van der Waals surface area (Å²) < 4.78 is 15.6. The Morgan fingerprint density at radius 1 is 1.19 bits per heavy atom. The average molecular weight is 360 g/mol. The van der Waals surface area contributed by atoms with Crippen LogP contribution in [0.3, 0.4) is 0 Å². The molecule has 27 heavy (non-hydrogen) atoms. The number of aromatic nitrogens is 2. The van der Waals surface area contributed by atoms with Gasteiger partial charge in [-0.3, -0.25) is 0 Å². The molecule has 0 fully saturated rings. The van der Waals surface area contributed by atoms with Crippen LogP contribution in [0.25, 0.3) is 16.7 Å². The van der Waals surface area contributed by atoms with Gasteiger partial charge in [-0.05, 0) is 42.5 Å². The van der Waals surface area contributed by atoms with Gasteiger partial charge in [0.2, 0.25) is 5.96 Å². The normalized spacial score (nSPS) is 18.1. The SMILES string of the molecule is Cn1cnc2ccc(NC3=NN4C(c5cccc(F)c5)=CC=CC4N3)cc21. The Hall–Kier alpha value is -3.61. The third-order valence-electron chi connectivity index (χ3n) is 4.66. The van der Waals surface area contributed by atoms with Gasteiger partial charge >= 0.3 is 0 Å². The summed E-state index contributed by atoms with van der Waals surface area (Å²) in [5.74, 6) is 0.369. The average Bonchev–Trinajstić information content (AvgIpc) is 3.24. The highest BCUT2D eigenvalue weighted by molar-refractivity contribution is 5.97. The van der Waals surface area contributed by atoms with Crippen LogP contribution in [0.1, 0.15) is 5.56 Å². The van der Waals surface area contributed by atoms with Crippen LogP contribution < -0.4 is 10.6 Å². The minimum Gasteiger partial charge on any atom is -0.334 e. The molecule has 2 aliphatic rings. The zero-order valence-corrected chi connectivity index (χ0v) is 14.6. The van der Waals surface area contributed by atoms with E-state index in [2.05, 4.69) is 20.7 Å². The van der Waals surface area contributed by atoms with Crippen molar-refractivity contribution < 1.29 is 4.39 Å². The number of imidazole rings is 1. The molecule has 134 valence electrons. The predicted octanol–water partition coefficient (Wildman–Crippen LogP) is 3.24. The zero-order chi connectivity index (χ0) is 18.4. The van der Waals surface area contributed by atoms with E-state index in [0.717, 1.165) is 28.0 Å². The van der Waals surface area contributed by atoms with E-state index in [4.69, 9.17) is 0 Å². The molecule has 3 heterocycles. The zero-order valence-electron chi connectivity index (χ0n) is 14.6. The van der Waals surface area contributed by atoms with Crippen LogP contribution in [0.15, 0.2) is 72.1 Å². The molecule has 5 rings (SSSR count). The van der Waals surface area contributed by atoms with Gasteiger partial charge in [0.05, 0.1) is 23.1 Å². The number of nitrogens with one attached hydrogen (secondary N) is 2. The van der Waals surface area contributed by atoms with Crippen LogP contribution in [-0.4, -0.2) is 26.7 Å². The molecular weight excluding hydrogens is 343 g/mol. The Balaban J connectivity index is 1.43. The molecule has 2 aromatic carbocycles. The lowest BCUT2D eigenvalue weighted by atomic mass is 10.1. The van der Waals surface area contributed by atoms with Gasteiger partial charge in [-0.15, -0.1) is 5.10 Å². The number of hydrogen-bond acceptors (Lipinski definition) is 5. The number of nitrogens with zero attached hydrogens (tertiary/aromatic N) is 4. The molecule has 0 amide bonds. The minimum absolute atomic E-state index is 0.115. The van der Waals surface area contributed by atoms with Crippen molar-refractivity contribution in [2.75, 3.05) is 5.32 Å². The number of fused-ring (bicyclic) bond motifs is 2. The molecule has 1 atom stereocenters. The van der Waals surface area contributed by atoms with E-state index < -0.39 is 0 Å². The van der Waals surface area contributed by atoms with E-state index in [1.54, 1.807) is 12.4 Å². The third kappa shape index (κ3) is 2.73. The highest BCUT2D eigenvalue weighted by atomic mass is 19.1. The van der Waals surface area contributed by atoms with E-state index in [1.165, 1.54) is 12.1 Å². The van der Waals surface area contributed by atoms with Crippen molar-refractivity contribution in [1.29, 1.82) is 0 Å². The number of halogens is 1. The smallest absolute Gasteiger partial charge is 0.220 e. The van der Waals surface area contributed by atoms with Crippen LogP contribution in [0.4, 0.5) is 10.1 Å². The number of hydrazone groups is 1. The number of anilines is 1. The van der Waals surface area contributed by atoms with Crippen LogP contribution in [0.2, 0.25) is 0 Å². The fourth-order valence-corrected chi connectivity index (χ4v) is 3.34. The van der Waals surface area contributed by atoms with Crippen LogP contribution >= 0.6 is 0 Å². The first-order chi connectivity index (χ1) is 13.2. The Bertz CT molecular complexity index is 1130. The van der Waals surface area contributed by atoms with Gasteiger partial charge in [-0.25, -0.2) is 14.4 Å². The number of guanidine groups is 1. The summed E-state index contributed by atoms with van der Waals surface area (Å²) in [6.07, 6.45) is 7.57. The Morgan fingerprint density at radius 3 is 3.00 bits per heavy atom. The monoisotopic (exact) mass is 360 g/mol. The number of rotatable bonds is 2. The first-order valence-electron chi connectivity index (χ1n) is 8.64. The van der Waals surface area contributed by atoms with E-state index in [1.807, 2.05) is 59.1 Å². The van der Waals surface area contributed by atoms with Crippen LogP contribution in [-0.2, 0) is 7.05 Å². The predicted molar refractivity (Wildman–Crippen MR) is 104 cm³/mol. The number of benzene rings is 2. The van der Waals surface area contributed by atoms with Crippen molar-refractivity contribution in [1.82, 2.24) is 19.9 Å². The molecule has 3 aromatic rings. The highest BCUT2D eigenvalue weighted by Crippen LogP contribution is 2.28. The van der Waals surface area contributed by atoms with Crippen LogP contribution in [0, 0.1) is 5.82 Å². The van der Waals surface area contributed by atoms with E-state index in [0.29, 0.717) is 5.96 Å². The molecule has 6 nitrogen and oxygen atoms in total. The molecule has 1 aromatic heterocycles. The van der Waals surface area contributed by atoms with Gasteiger partial charge < -0.3 is 15.2 Å². The maximum absolute atomic E-state index is 13.6. The molecule has 0 radical (unpaired) electrons. The molecule has 0 bridgehead atoms. The summed E-state index contributed by atoms with van der Waals surface area (Å²) in [4.78, 5) is 4.33. The fraction of sp³-hybridized carbons (Fsp3) is 0.100. The largest absolute Gasteiger partial charge is 0.334 e. The quantitative estimate of drug-likeness (QED) is 0.737. The van der Waals surface area contributed by atoms with Crippen molar-refractivity contribution >= 4 is 28.4 Å². The van der Waals surface area contributed by atoms with Gasteiger partial charge in [0, 0.05) is 18.3 Å². The molecule has 0 saturated heterocycles. The Labute approximate surface area is 155 Å². The van der Waals surface area contributed by atoms with Crippen molar-refractivity contribution in [3.05, 3.63) is 78.4 Å². The number of aryl methyl sites for hydroxylation is 1. The molecule has 0 spiro atoms. The summed E-state index contributed by atoms with van der Waals surface area (Å²) in [5, 5.41) is 13.1. The van der Waals surface area contributed by atoms with Crippen LogP contribution in [0.5, 0.6) is 0 Å². The second kappa shape index (κ2) is 5.98. The van der Waals surface area contributed by atoms with Gasteiger partial charge in [0.25, 0.3) is 0 Å². The standard InChI is InChI=1S/C20H17FN6/c1-26-12-22-16-9-8-15(11-18(16)26)23-20-24-19-7-3-6-17(27(19)25-20)13-4-2-5-14(21)10-13/h2-12,19H,1H3,(H2,23,24,25). The van der Waals surface area contributed by atoms with Crippen molar-refractivity contribution in [3.8, 4) is 0 Å². The molecular formula is C20H17FN6. The van der Waals surface area contributed by atoms with Crippen molar-refractivity contribution in [2.45, 2.75) is 6.17 Å². The summed E-state index contributed by atoms with van der Waals surface area (Å²) >= 11 is 0. The van der Waals surface area contributed by atoms with Gasteiger partial charge in [0.15, 0.2) is 0 Å². The topological polar surface area (TPSA) is 57.5 Å². The molecule has 7 heteroatoms. The maximum atomic E-state index is 13.6. The molecule has 2 N–H and O–H groups in total. The fourth-order valence-electron chi connectivity index (χ4n) is 3.34. The first-order valence-corrected chi connectivity index (χ1v) is 8.64. The van der Waals surface area contributed by atoms with E-state index in [-0.39, 0.29) is 12.0 Å². The van der Waals surface area contributed by atoms with Crippen molar-refractivity contribution in [3.63, 3.8) is 0 Å². The first kappa shape index (κ1) is 15.6. The van der Waals surface area contributed by atoms with Crippen molar-refractivity contribution in [2.24, 2.45) is 12.1 Å². The molecule has 0 aliphatic carbocycles. The molecule has 2 aliphatic heterocycles. The van der Waals surface area contributed by atoms with E-state index in [9.17, 15) is 4.39 Å². The minimum atomic E-state index is -0.265. The second-order valence-corrected chi connectivity index (χ2v) is 6.51. The molecule has 1 unspecified atom stereocenters. The lowest BCUT2D eigenvalue weighted by Gasteiger charge is -2.25. The summed E-state index contributed by atoms with van der Waals surface area (Å²) in [5.41, 5.74) is 4.52. The summed E-state index contributed by atoms with van der Waals surface area (Å²) in [6.45, 7) is 0. The molecule has 0 saturated carbocycles. The lowest BCUT2D eigenvalue weighted by Crippen LogP contribution is -2.38. The van der Waals surface area contributed by atoms with Gasteiger partial charge in [-0.1, -0.05) is 18.2 Å². The lowest BCUT2D eigenvalue weighted by molar-refractivity contribution is 0.370. The van der Waals surface area contributed by atoms with Gasteiger partial charge in [-0.2, -0.15) is 0 Å². The third-order valence-corrected chi connectivity index (χ3v) is 4.66. The Kier molecular flexibility index (Phi) is 3.46. The Morgan fingerprint density at radius 2 is 2.11 bits per heavy atom. The number of allylic oxidation sites excluding steroid dienone is 2. The number of hydrogen-bond donors (Lipinski definition) is 2. The highest BCUT2D eigenvalue weighted by Gasteiger charge is 2.29. The van der Waals surface area contributed by atoms with Gasteiger partial charge in [0.1, 0.15) is 12.0 Å². The van der Waals surface area contributed by atoms with E-state index >= 15 is 0 Å². The maximum Gasteiger partial charge on any atom is 0.220 e.